The normalized spacial score (nSPS) is 14.7. The summed E-state index contributed by atoms with van der Waals surface area (Å²) in [5, 5.41) is 3.72. The van der Waals surface area contributed by atoms with Crippen molar-refractivity contribution in [1.29, 1.82) is 0 Å². The molecule has 7 nitrogen and oxygen atoms in total. The third kappa shape index (κ3) is 4.94. The Bertz CT molecular complexity index is 1050. The molecule has 1 amide bonds. The van der Waals surface area contributed by atoms with Gasteiger partial charge in [0.2, 0.25) is 11.8 Å². The van der Waals surface area contributed by atoms with E-state index in [1.54, 1.807) is 6.20 Å². The highest BCUT2D eigenvalue weighted by Crippen LogP contribution is 2.23. The van der Waals surface area contributed by atoms with Crippen molar-refractivity contribution in [3.8, 4) is 5.88 Å². The first kappa shape index (κ1) is 21.9. The number of hydrogen-bond acceptors (Lipinski definition) is 6. The van der Waals surface area contributed by atoms with Crippen molar-refractivity contribution in [2.75, 3.05) is 43.1 Å². The summed E-state index contributed by atoms with van der Waals surface area (Å²) in [7, 11) is 1.52. The molecule has 1 saturated heterocycles. The van der Waals surface area contributed by atoms with E-state index in [0.717, 1.165) is 42.5 Å². The van der Waals surface area contributed by atoms with Crippen LogP contribution in [0.5, 0.6) is 5.88 Å². The number of carbonyl (C=O) groups is 1. The number of rotatable bonds is 6. The number of piperazine rings is 1. The number of carbonyl (C=O) groups excluding carboxylic acids is 1. The Morgan fingerprint density at radius 2 is 1.69 bits per heavy atom. The first-order valence-corrected chi connectivity index (χ1v) is 11.0. The predicted molar refractivity (Wildman–Crippen MR) is 127 cm³/mol. The Balaban J connectivity index is 1.42. The van der Waals surface area contributed by atoms with Crippen molar-refractivity contribution in [1.82, 2.24) is 15.3 Å². The molecule has 3 aromatic rings. The number of methoxy groups -OCH3 is 1. The van der Waals surface area contributed by atoms with Crippen LogP contribution >= 0.6 is 11.6 Å². The van der Waals surface area contributed by atoms with E-state index >= 15 is 0 Å². The first-order valence-electron chi connectivity index (χ1n) is 10.6. The molecule has 0 aliphatic carbocycles. The van der Waals surface area contributed by atoms with Gasteiger partial charge in [-0.2, -0.15) is 4.98 Å². The van der Waals surface area contributed by atoms with Crippen LogP contribution in [0, 0.1) is 0 Å². The molecule has 0 spiro atoms. The van der Waals surface area contributed by atoms with Gasteiger partial charge in [0, 0.05) is 43.1 Å². The average molecular weight is 452 g/mol. The van der Waals surface area contributed by atoms with Gasteiger partial charge in [-0.1, -0.05) is 41.9 Å². The van der Waals surface area contributed by atoms with Crippen LogP contribution in [0.2, 0.25) is 5.02 Å². The number of hydrogen-bond donors (Lipinski definition) is 1. The molecule has 4 rings (SSSR count). The fraction of sp³-hybridized carbons (Fsp3) is 0.292. The van der Waals surface area contributed by atoms with Gasteiger partial charge in [0.05, 0.1) is 13.2 Å². The monoisotopic (exact) mass is 451 g/mol. The highest BCUT2D eigenvalue weighted by Gasteiger charge is 2.23. The lowest BCUT2D eigenvalue weighted by Gasteiger charge is -2.36. The van der Waals surface area contributed by atoms with Gasteiger partial charge >= 0.3 is 0 Å². The fourth-order valence-corrected chi connectivity index (χ4v) is 3.86. The summed E-state index contributed by atoms with van der Waals surface area (Å²) < 4.78 is 5.43. The molecule has 166 valence electrons. The van der Waals surface area contributed by atoms with Gasteiger partial charge in [-0.05, 0) is 36.8 Å². The molecule has 0 radical (unpaired) electrons. The Labute approximate surface area is 193 Å². The number of ether oxygens (including phenoxy) is 1. The van der Waals surface area contributed by atoms with E-state index in [4.69, 9.17) is 16.3 Å². The van der Waals surface area contributed by atoms with Crippen LogP contribution in [0.15, 0.2) is 60.8 Å². The number of aromatic nitrogens is 2. The molecule has 1 unspecified atom stereocenters. The first-order chi connectivity index (χ1) is 15.5. The number of anilines is 2. The van der Waals surface area contributed by atoms with Crippen molar-refractivity contribution in [3.05, 3.63) is 76.9 Å². The van der Waals surface area contributed by atoms with E-state index in [1.165, 1.54) is 7.11 Å². The largest absolute Gasteiger partial charge is 0.480 e. The maximum atomic E-state index is 12.8. The molecule has 0 saturated carbocycles. The summed E-state index contributed by atoms with van der Waals surface area (Å²) in [6, 6.07) is 17.5. The molecule has 0 bridgehead atoms. The van der Waals surface area contributed by atoms with Crippen LogP contribution in [0.4, 0.5) is 11.6 Å². The van der Waals surface area contributed by atoms with Crippen molar-refractivity contribution in [2.45, 2.75) is 13.0 Å². The summed E-state index contributed by atoms with van der Waals surface area (Å²) >= 11 is 5.99. The number of nitrogens with one attached hydrogen (secondary N) is 1. The minimum Gasteiger partial charge on any atom is -0.480 e. The molecule has 8 heteroatoms. The van der Waals surface area contributed by atoms with E-state index in [-0.39, 0.29) is 17.8 Å². The van der Waals surface area contributed by atoms with Crippen LogP contribution in [0.3, 0.4) is 0 Å². The summed E-state index contributed by atoms with van der Waals surface area (Å²) in [5.41, 5.74) is 2.49. The highest BCUT2D eigenvalue weighted by molar-refractivity contribution is 6.30. The molecule has 1 aliphatic rings. The third-order valence-corrected chi connectivity index (χ3v) is 5.83. The predicted octanol–water partition coefficient (Wildman–Crippen LogP) is 3.96. The molecule has 1 atom stereocenters. The lowest BCUT2D eigenvalue weighted by atomic mass is 10.1. The lowest BCUT2D eigenvalue weighted by Crippen LogP contribution is -2.47. The minimum absolute atomic E-state index is 0.144. The Morgan fingerprint density at radius 1 is 1.03 bits per heavy atom. The summed E-state index contributed by atoms with van der Waals surface area (Å²) in [6.45, 7) is 5.15. The molecular weight excluding hydrogens is 426 g/mol. The van der Waals surface area contributed by atoms with Gasteiger partial charge < -0.3 is 19.9 Å². The molecule has 2 aromatic carbocycles. The molecular formula is C24H26ClN5O2. The van der Waals surface area contributed by atoms with Gasteiger partial charge in [-0.15, -0.1) is 0 Å². The zero-order valence-corrected chi connectivity index (χ0v) is 18.9. The standard InChI is InChI=1S/C24H26ClN5O2/c1-17(18-6-4-3-5-7-18)27-22(31)21-16-26-24(28-23(21)32-2)30-14-12-29(13-15-30)20-10-8-19(25)9-11-20/h3-11,16-17H,12-15H2,1-2H3,(H,27,31). The van der Waals surface area contributed by atoms with Crippen LogP contribution in [-0.2, 0) is 0 Å². The number of amides is 1. The number of nitrogens with zero attached hydrogens (tertiary/aromatic N) is 4. The second kappa shape index (κ2) is 9.87. The minimum atomic E-state index is -0.266. The average Bonchev–Trinajstić information content (AvgIpc) is 2.84. The van der Waals surface area contributed by atoms with Crippen LogP contribution in [-0.4, -0.2) is 49.2 Å². The third-order valence-electron chi connectivity index (χ3n) is 5.58. The maximum absolute atomic E-state index is 12.8. The fourth-order valence-electron chi connectivity index (χ4n) is 3.74. The van der Waals surface area contributed by atoms with Gasteiger partial charge in [-0.3, -0.25) is 4.79 Å². The zero-order valence-electron chi connectivity index (χ0n) is 18.2. The second-order valence-electron chi connectivity index (χ2n) is 7.65. The lowest BCUT2D eigenvalue weighted by molar-refractivity contribution is 0.0935. The molecule has 1 N–H and O–H groups in total. The van der Waals surface area contributed by atoms with Crippen molar-refractivity contribution >= 4 is 29.1 Å². The van der Waals surface area contributed by atoms with Crippen LogP contribution in [0.1, 0.15) is 28.9 Å². The Hall–Kier alpha value is -3.32. The molecule has 2 heterocycles. The van der Waals surface area contributed by atoms with Crippen molar-refractivity contribution in [2.24, 2.45) is 0 Å². The van der Waals surface area contributed by atoms with Crippen LogP contribution < -0.4 is 19.9 Å². The van der Waals surface area contributed by atoms with Crippen LogP contribution in [0.25, 0.3) is 0 Å². The van der Waals surface area contributed by atoms with E-state index < -0.39 is 0 Å². The number of halogens is 1. The SMILES string of the molecule is COc1nc(N2CCN(c3ccc(Cl)cc3)CC2)ncc1C(=O)NC(C)c1ccccc1. The van der Waals surface area contributed by atoms with Crippen molar-refractivity contribution < 1.29 is 9.53 Å². The van der Waals surface area contributed by atoms with Gasteiger partial charge in [0.1, 0.15) is 5.56 Å². The Kier molecular flexibility index (Phi) is 6.75. The quantitative estimate of drug-likeness (QED) is 0.611. The summed E-state index contributed by atoms with van der Waals surface area (Å²) in [5.74, 6) is 0.565. The van der Waals surface area contributed by atoms with Gasteiger partial charge in [-0.25, -0.2) is 4.98 Å². The molecule has 1 aliphatic heterocycles. The van der Waals surface area contributed by atoms with E-state index in [2.05, 4.69) is 25.1 Å². The number of benzene rings is 2. The summed E-state index contributed by atoms with van der Waals surface area (Å²) in [6.07, 6.45) is 1.54. The second-order valence-corrected chi connectivity index (χ2v) is 8.09. The molecule has 1 aromatic heterocycles. The Morgan fingerprint density at radius 3 is 2.34 bits per heavy atom. The zero-order chi connectivity index (χ0) is 22.5. The van der Waals surface area contributed by atoms with E-state index in [1.807, 2.05) is 61.5 Å². The molecule has 32 heavy (non-hydrogen) atoms. The van der Waals surface area contributed by atoms with Gasteiger partial charge in [0.15, 0.2) is 0 Å². The topological polar surface area (TPSA) is 70.6 Å². The molecule has 1 fully saturated rings. The summed E-state index contributed by atoms with van der Waals surface area (Å²) in [4.78, 5) is 26.2. The maximum Gasteiger partial charge on any atom is 0.258 e. The van der Waals surface area contributed by atoms with Crippen molar-refractivity contribution in [3.63, 3.8) is 0 Å². The smallest absolute Gasteiger partial charge is 0.258 e. The van der Waals surface area contributed by atoms with E-state index in [0.29, 0.717) is 11.5 Å². The highest BCUT2D eigenvalue weighted by atomic mass is 35.5. The van der Waals surface area contributed by atoms with E-state index in [9.17, 15) is 4.79 Å². The van der Waals surface area contributed by atoms with Gasteiger partial charge in [0.25, 0.3) is 5.91 Å².